The second kappa shape index (κ2) is 9.47. The summed E-state index contributed by atoms with van der Waals surface area (Å²) in [6, 6.07) is 7.42. The number of hydrogen-bond donors (Lipinski definition) is 2. The van der Waals surface area contributed by atoms with Crippen molar-refractivity contribution < 1.29 is 29.0 Å². The number of phenols is 1. The Bertz CT molecular complexity index is 1230. The first-order valence-electron chi connectivity index (χ1n) is 12.1. The van der Waals surface area contributed by atoms with Crippen molar-refractivity contribution in [2.75, 3.05) is 6.61 Å². The monoisotopic (exact) mass is 511 g/mol. The third-order valence-corrected chi connectivity index (χ3v) is 7.74. The number of phenolic OH excluding ortho intramolecular Hbond substituents is 1. The van der Waals surface area contributed by atoms with Gasteiger partial charge in [0.1, 0.15) is 23.9 Å². The van der Waals surface area contributed by atoms with Gasteiger partial charge in [0.25, 0.3) is 5.24 Å². The van der Waals surface area contributed by atoms with Crippen LogP contribution in [0, 0.1) is 26.2 Å². The van der Waals surface area contributed by atoms with E-state index in [1.54, 1.807) is 6.92 Å². The van der Waals surface area contributed by atoms with Crippen LogP contribution in [0.15, 0.2) is 24.3 Å². The highest BCUT2D eigenvalue weighted by molar-refractivity contribution is 8.15. The average molecular weight is 512 g/mol. The lowest BCUT2D eigenvalue weighted by molar-refractivity contribution is -0.118. The lowest BCUT2D eigenvalue weighted by Crippen LogP contribution is -2.49. The van der Waals surface area contributed by atoms with E-state index in [1.165, 1.54) is 0 Å². The van der Waals surface area contributed by atoms with Crippen LogP contribution in [-0.2, 0) is 11.2 Å². The van der Waals surface area contributed by atoms with Gasteiger partial charge in [0, 0.05) is 5.56 Å². The molecule has 2 amide bonds. The van der Waals surface area contributed by atoms with Crippen molar-refractivity contribution in [3.05, 3.63) is 52.1 Å². The number of ether oxygens (including phenoxy) is 2. The fraction of sp³-hybridized carbons (Fsp3) is 0.464. The molecule has 0 aliphatic carbocycles. The van der Waals surface area contributed by atoms with E-state index >= 15 is 0 Å². The molecule has 0 spiro atoms. The first-order valence-corrected chi connectivity index (χ1v) is 12.9. The van der Waals surface area contributed by atoms with Gasteiger partial charge in [0.05, 0.1) is 17.2 Å². The van der Waals surface area contributed by atoms with E-state index in [-0.39, 0.29) is 41.1 Å². The lowest BCUT2D eigenvalue weighted by Gasteiger charge is -2.42. The molecule has 4 rings (SSSR count). The van der Waals surface area contributed by atoms with Crippen LogP contribution in [0.5, 0.6) is 17.2 Å². The minimum atomic E-state index is -0.861. The van der Waals surface area contributed by atoms with Crippen LogP contribution in [0.3, 0.4) is 0 Å². The lowest BCUT2D eigenvalue weighted by atomic mass is 9.76. The predicted molar refractivity (Wildman–Crippen MR) is 139 cm³/mol. The molecule has 1 saturated heterocycles. The highest BCUT2D eigenvalue weighted by Gasteiger charge is 2.46. The van der Waals surface area contributed by atoms with Gasteiger partial charge >= 0.3 is 0 Å². The molecule has 0 aromatic heterocycles. The van der Waals surface area contributed by atoms with Gasteiger partial charge in [0.15, 0.2) is 11.4 Å². The Hall–Kier alpha value is -3.00. The van der Waals surface area contributed by atoms with Crippen LogP contribution < -0.4 is 14.8 Å². The second-order valence-electron chi connectivity index (χ2n) is 11.1. The van der Waals surface area contributed by atoms with Crippen molar-refractivity contribution in [3.63, 3.8) is 0 Å². The molecule has 0 radical (unpaired) electrons. The van der Waals surface area contributed by atoms with Crippen molar-refractivity contribution >= 4 is 28.7 Å². The van der Waals surface area contributed by atoms with Gasteiger partial charge < -0.3 is 14.6 Å². The zero-order chi connectivity index (χ0) is 26.4. The van der Waals surface area contributed by atoms with E-state index in [0.717, 1.165) is 22.9 Å². The number of imide groups is 1. The summed E-state index contributed by atoms with van der Waals surface area (Å²) in [4.78, 5) is 36.6. The van der Waals surface area contributed by atoms with Crippen molar-refractivity contribution in [1.82, 2.24) is 5.32 Å². The molecule has 7 nitrogen and oxygen atoms in total. The number of rotatable bonds is 6. The summed E-state index contributed by atoms with van der Waals surface area (Å²) in [6.45, 7) is 11.9. The van der Waals surface area contributed by atoms with Gasteiger partial charge in [-0.15, -0.1) is 0 Å². The van der Waals surface area contributed by atoms with E-state index in [2.05, 4.69) is 26.1 Å². The van der Waals surface area contributed by atoms with E-state index in [1.807, 2.05) is 38.1 Å². The third-order valence-electron chi connectivity index (χ3n) is 6.76. The van der Waals surface area contributed by atoms with Gasteiger partial charge in [-0.2, -0.15) is 0 Å². The summed E-state index contributed by atoms with van der Waals surface area (Å²) >= 11 is 1.01. The van der Waals surface area contributed by atoms with E-state index in [0.29, 0.717) is 41.0 Å². The molecule has 2 aliphatic heterocycles. The molecular weight excluding hydrogens is 478 g/mol. The number of fused-ring (bicyclic) bond motifs is 1. The fourth-order valence-electron chi connectivity index (χ4n) is 5.08. The number of amides is 2. The molecule has 2 unspecified atom stereocenters. The highest BCUT2D eigenvalue weighted by atomic mass is 32.2. The van der Waals surface area contributed by atoms with Gasteiger partial charge in [-0.1, -0.05) is 44.7 Å². The molecule has 8 heteroatoms. The summed E-state index contributed by atoms with van der Waals surface area (Å²) in [5, 5.41) is 12.1. The van der Waals surface area contributed by atoms with Gasteiger partial charge in [-0.05, 0) is 67.9 Å². The van der Waals surface area contributed by atoms with Crippen molar-refractivity contribution in [2.24, 2.45) is 5.41 Å². The summed E-state index contributed by atoms with van der Waals surface area (Å²) in [5.74, 6) is 0.980. The molecular formula is C28H33NO6S. The Morgan fingerprint density at radius 2 is 1.75 bits per heavy atom. The number of nitrogens with one attached hydrogen (secondary N) is 1. The van der Waals surface area contributed by atoms with Crippen molar-refractivity contribution in [1.29, 1.82) is 0 Å². The summed E-state index contributed by atoms with van der Waals surface area (Å²) in [5.41, 5.74) is 2.41. The number of carbonyl (C=O) groups is 3. The topological polar surface area (TPSA) is 102 Å². The molecule has 0 bridgehead atoms. The quantitative estimate of drug-likeness (QED) is 0.533. The molecule has 2 aromatic rings. The van der Waals surface area contributed by atoms with Crippen LogP contribution in [0.4, 0.5) is 4.79 Å². The zero-order valence-corrected chi connectivity index (χ0v) is 22.4. The molecule has 192 valence electrons. The maximum absolute atomic E-state index is 13.4. The normalized spacial score (nSPS) is 21.7. The van der Waals surface area contributed by atoms with Gasteiger partial charge in [-0.3, -0.25) is 19.7 Å². The standard InChI is InChI=1S/C28H33NO6S/c1-15-16(2)24-22(17(3)23(15)31)20(30)12-28(35-24,13-27(4,5)6)14-34-19-9-7-18(8-10-19)11-21-25(32)29-26(33)36-21/h7-10,21,31H,11-14H2,1-6H3,(H,29,32,33). The van der Waals surface area contributed by atoms with E-state index in [9.17, 15) is 19.5 Å². The van der Waals surface area contributed by atoms with Crippen LogP contribution in [0.1, 0.15) is 66.2 Å². The number of benzene rings is 2. The Kier molecular flexibility index (Phi) is 6.86. The number of carbonyl (C=O) groups excluding carboxylic acids is 3. The number of aromatic hydroxyl groups is 1. The van der Waals surface area contributed by atoms with Crippen molar-refractivity contribution in [2.45, 2.75) is 71.7 Å². The molecule has 2 aliphatic rings. The van der Waals surface area contributed by atoms with E-state index < -0.39 is 10.9 Å². The molecule has 0 saturated carbocycles. The smallest absolute Gasteiger partial charge is 0.286 e. The first-order chi connectivity index (χ1) is 16.8. The molecule has 2 atom stereocenters. The predicted octanol–water partition coefficient (Wildman–Crippen LogP) is 5.43. The maximum Gasteiger partial charge on any atom is 0.286 e. The minimum Gasteiger partial charge on any atom is -0.507 e. The molecule has 1 fully saturated rings. The Labute approximate surface area is 215 Å². The highest BCUT2D eigenvalue weighted by Crippen LogP contribution is 2.46. The Morgan fingerprint density at radius 3 is 2.33 bits per heavy atom. The SMILES string of the molecule is Cc1c(C)c2c(c(C)c1O)C(=O)CC(COc1ccc(CC3SC(=O)NC3=O)cc1)(CC(C)(C)C)O2. The molecule has 2 aromatic carbocycles. The first kappa shape index (κ1) is 26.1. The number of thioether (sulfide) groups is 1. The van der Waals surface area contributed by atoms with E-state index in [4.69, 9.17) is 9.47 Å². The van der Waals surface area contributed by atoms with Crippen LogP contribution >= 0.6 is 11.8 Å². The van der Waals surface area contributed by atoms with Gasteiger partial charge in [0.2, 0.25) is 5.91 Å². The molecule has 2 N–H and O–H groups in total. The third kappa shape index (κ3) is 5.24. The summed E-state index contributed by atoms with van der Waals surface area (Å²) in [7, 11) is 0. The molecule has 2 heterocycles. The second-order valence-corrected chi connectivity index (χ2v) is 12.2. The largest absolute Gasteiger partial charge is 0.507 e. The summed E-state index contributed by atoms with van der Waals surface area (Å²) < 4.78 is 12.8. The Morgan fingerprint density at radius 1 is 1.08 bits per heavy atom. The van der Waals surface area contributed by atoms with Gasteiger partial charge in [-0.25, -0.2) is 0 Å². The average Bonchev–Trinajstić information content (AvgIpc) is 3.10. The van der Waals surface area contributed by atoms with Crippen molar-refractivity contribution in [3.8, 4) is 17.2 Å². The molecule has 36 heavy (non-hydrogen) atoms. The van der Waals surface area contributed by atoms with Crippen LogP contribution in [-0.4, -0.2) is 39.5 Å². The van der Waals surface area contributed by atoms with Crippen LogP contribution in [0.2, 0.25) is 0 Å². The number of Topliss-reactive ketones (excluding diaryl/α,β-unsaturated/α-hetero) is 1. The minimum absolute atomic E-state index is 0.0581. The fourth-order valence-corrected chi connectivity index (χ4v) is 5.94. The Balaban J connectivity index is 1.56. The zero-order valence-electron chi connectivity index (χ0n) is 21.6. The maximum atomic E-state index is 13.4. The number of ketones is 1. The summed E-state index contributed by atoms with van der Waals surface area (Å²) in [6.07, 6.45) is 1.21. The number of hydrogen-bond acceptors (Lipinski definition) is 7. The van der Waals surface area contributed by atoms with Crippen LogP contribution in [0.25, 0.3) is 0 Å².